The molecule has 3 aromatic rings. The van der Waals surface area contributed by atoms with Crippen molar-refractivity contribution in [3.63, 3.8) is 0 Å². The summed E-state index contributed by atoms with van der Waals surface area (Å²) < 4.78 is 33.2. The average molecular weight is 413 g/mol. The summed E-state index contributed by atoms with van der Waals surface area (Å²) in [5.41, 5.74) is 0.887. The van der Waals surface area contributed by atoms with Gasteiger partial charge in [0.2, 0.25) is 0 Å². The van der Waals surface area contributed by atoms with E-state index in [9.17, 15) is 13.2 Å². The van der Waals surface area contributed by atoms with E-state index in [2.05, 4.69) is 0 Å². The second-order valence-electron chi connectivity index (χ2n) is 6.71. The minimum Gasteiger partial charge on any atom is -0.464 e. The van der Waals surface area contributed by atoms with Gasteiger partial charge in [-0.3, -0.25) is 9.10 Å². The quantitative estimate of drug-likeness (QED) is 0.586. The predicted octanol–water partition coefficient (Wildman–Crippen LogP) is 4.08. The lowest BCUT2D eigenvalue weighted by atomic mass is 10.2. The number of carbonyl (C=O) groups excluding carboxylic acids is 1. The first-order chi connectivity index (χ1) is 13.8. The summed E-state index contributed by atoms with van der Waals surface area (Å²) in [4.78, 5) is 14.4. The standard InChI is InChI=1S/C22H24N2O4S/c1-4-24(19-10-6-5-7-11-19)29(26,27)21-12-8-9-18(15-21)22(25)23(3)16-20-14-13-17(2)28-20/h5-15H,4,16H2,1-3H3. The lowest BCUT2D eigenvalue weighted by Crippen LogP contribution is -2.31. The molecular weight excluding hydrogens is 388 g/mol. The van der Waals surface area contributed by atoms with Crippen LogP contribution >= 0.6 is 0 Å². The summed E-state index contributed by atoms with van der Waals surface area (Å²) in [7, 11) is -2.14. The molecule has 0 radical (unpaired) electrons. The van der Waals surface area contributed by atoms with E-state index in [1.807, 2.05) is 25.1 Å². The third-order valence-corrected chi connectivity index (χ3v) is 6.44. The number of para-hydroxylation sites is 1. The van der Waals surface area contributed by atoms with Gasteiger partial charge in [-0.2, -0.15) is 0 Å². The summed E-state index contributed by atoms with van der Waals surface area (Å²) in [6.45, 7) is 4.20. The molecule has 1 amide bonds. The van der Waals surface area contributed by atoms with Gasteiger partial charge in [0, 0.05) is 19.2 Å². The van der Waals surface area contributed by atoms with Crippen LogP contribution in [0.15, 0.2) is 76.0 Å². The Morgan fingerprint density at radius 2 is 1.72 bits per heavy atom. The van der Waals surface area contributed by atoms with Gasteiger partial charge in [0.25, 0.3) is 15.9 Å². The Kier molecular flexibility index (Phi) is 6.08. The van der Waals surface area contributed by atoms with Gasteiger partial charge in [-0.25, -0.2) is 8.42 Å². The lowest BCUT2D eigenvalue weighted by molar-refractivity contribution is 0.0774. The van der Waals surface area contributed by atoms with Crippen LogP contribution in [0.4, 0.5) is 5.69 Å². The van der Waals surface area contributed by atoms with Crippen molar-refractivity contribution in [2.75, 3.05) is 17.9 Å². The molecule has 2 aromatic carbocycles. The number of hydrogen-bond acceptors (Lipinski definition) is 4. The van der Waals surface area contributed by atoms with Crippen molar-refractivity contribution >= 4 is 21.6 Å². The highest BCUT2D eigenvalue weighted by molar-refractivity contribution is 7.92. The molecule has 0 unspecified atom stereocenters. The highest BCUT2D eigenvalue weighted by atomic mass is 32.2. The zero-order valence-electron chi connectivity index (χ0n) is 16.7. The van der Waals surface area contributed by atoms with E-state index in [1.165, 1.54) is 21.3 Å². The molecule has 0 aliphatic carbocycles. The molecule has 3 rings (SSSR count). The molecule has 0 saturated carbocycles. The summed E-state index contributed by atoms with van der Waals surface area (Å²) >= 11 is 0. The minimum absolute atomic E-state index is 0.0799. The Labute approximate surface area is 171 Å². The van der Waals surface area contributed by atoms with Gasteiger partial charge in [-0.1, -0.05) is 24.3 Å². The second kappa shape index (κ2) is 8.53. The predicted molar refractivity (Wildman–Crippen MR) is 112 cm³/mol. The van der Waals surface area contributed by atoms with E-state index in [1.54, 1.807) is 50.4 Å². The average Bonchev–Trinajstić information content (AvgIpc) is 3.13. The van der Waals surface area contributed by atoms with E-state index >= 15 is 0 Å². The van der Waals surface area contributed by atoms with Crippen LogP contribution in [-0.2, 0) is 16.6 Å². The number of anilines is 1. The first kappa shape index (κ1) is 20.7. The van der Waals surface area contributed by atoms with Crippen molar-refractivity contribution in [1.82, 2.24) is 4.90 Å². The maximum absolute atomic E-state index is 13.2. The van der Waals surface area contributed by atoms with E-state index in [-0.39, 0.29) is 17.3 Å². The maximum Gasteiger partial charge on any atom is 0.264 e. The minimum atomic E-state index is -3.80. The summed E-state index contributed by atoms with van der Waals surface area (Å²) in [5, 5.41) is 0. The van der Waals surface area contributed by atoms with Crippen LogP contribution in [-0.4, -0.2) is 32.8 Å². The molecule has 0 atom stereocenters. The highest BCUT2D eigenvalue weighted by Crippen LogP contribution is 2.24. The van der Waals surface area contributed by atoms with Crippen LogP contribution in [0.1, 0.15) is 28.8 Å². The Bertz CT molecular complexity index is 1090. The fourth-order valence-corrected chi connectivity index (χ4v) is 4.62. The van der Waals surface area contributed by atoms with Crippen molar-refractivity contribution in [3.05, 3.63) is 83.8 Å². The lowest BCUT2D eigenvalue weighted by Gasteiger charge is -2.23. The number of aryl methyl sites for hydroxylation is 1. The molecule has 1 heterocycles. The Balaban J connectivity index is 1.87. The van der Waals surface area contributed by atoms with Gasteiger partial charge in [0.15, 0.2) is 0 Å². The zero-order chi connectivity index (χ0) is 21.0. The molecule has 0 aliphatic rings. The molecule has 0 bridgehead atoms. The van der Waals surface area contributed by atoms with E-state index in [0.717, 1.165) is 5.76 Å². The van der Waals surface area contributed by atoms with Crippen molar-refractivity contribution in [2.24, 2.45) is 0 Å². The first-order valence-corrected chi connectivity index (χ1v) is 10.8. The molecule has 0 N–H and O–H groups in total. The second-order valence-corrected chi connectivity index (χ2v) is 8.57. The number of carbonyl (C=O) groups is 1. The Hall–Kier alpha value is -3.06. The molecule has 152 valence electrons. The van der Waals surface area contributed by atoms with Crippen molar-refractivity contribution < 1.29 is 17.6 Å². The van der Waals surface area contributed by atoms with Crippen LogP contribution < -0.4 is 4.31 Å². The summed E-state index contributed by atoms with van der Waals surface area (Å²) in [6, 6.07) is 18.7. The third-order valence-electron chi connectivity index (χ3n) is 4.54. The van der Waals surface area contributed by atoms with Gasteiger partial charge in [0.1, 0.15) is 11.5 Å². The van der Waals surface area contributed by atoms with E-state index < -0.39 is 10.0 Å². The SMILES string of the molecule is CCN(c1ccccc1)S(=O)(=O)c1cccc(C(=O)N(C)Cc2ccc(C)o2)c1. The normalized spacial score (nSPS) is 11.3. The largest absolute Gasteiger partial charge is 0.464 e. The molecule has 1 aromatic heterocycles. The fourth-order valence-electron chi connectivity index (χ4n) is 3.10. The molecule has 29 heavy (non-hydrogen) atoms. The molecular formula is C22H24N2O4S. The number of amides is 1. The molecule has 0 spiro atoms. The smallest absolute Gasteiger partial charge is 0.264 e. The molecule has 7 heteroatoms. The van der Waals surface area contributed by atoms with Crippen LogP contribution in [0.5, 0.6) is 0 Å². The molecule has 0 fully saturated rings. The van der Waals surface area contributed by atoms with Crippen LogP contribution in [0.3, 0.4) is 0 Å². The Morgan fingerprint density at radius 1 is 1.00 bits per heavy atom. The molecule has 6 nitrogen and oxygen atoms in total. The number of furan rings is 1. The van der Waals surface area contributed by atoms with Gasteiger partial charge in [0.05, 0.1) is 17.1 Å². The Morgan fingerprint density at radius 3 is 2.34 bits per heavy atom. The number of hydrogen-bond donors (Lipinski definition) is 0. The number of rotatable bonds is 7. The summed E-state index contributed by atoms with van der Waals surface area (Å²) in [5.74, 6) is 1.16. The van der Waals surface area contributed by atoms with Crippen LogP contribution in [0.25, 0.3) is 0 Å². The van der Waals surface area contributed by atoms with Crippen LogP contribution in [0.2, 0.25) is 0 Å². The van der Waals surface area contributed by atoms with E-state index in [0.29, 0.717) is 23.6 Å². The zero-order valence-corrected chi connectivity index (χ0v) is 17.5. The number of nitrogens with zero attached hydrogens (tertiary/aromatic N) is 2. The van der Waals surface area contributed by atoms with Gasteiger partial charge < -0.3 is 9.32 Å². The topological polar surface area (TPSA) is 70.8 Å². The van der Waals surface area contributed by atoms with E-state index in [4.69, 9.17) is 4.42 Å². The maximum atomic E-state index is 13.2. The van der Waals surface area contributed by atoms with Gasteiger partial charge in [-0.15, -0.1) is 0 Å². The molecule has 0 aliphatic heterocycles. The number of benzene rings is 2. The first-order valence-electron chi connectivity index (χ1n) is 9.31. The third kappa shape index (κ3) is 4.51. The fraction of sp³-hybridized carbons (Fsp3) is 0.227. The van der Waals surface area contributed by atoms with Gasteiger partial charge in [-0.05, 0) is 56.3 Å². The van der Waals surface area contributed by atoms with Crippen LogP contribution in [0, 0.1) is 6.92 Å². The molecule has 0 saturated heterocycles. The van der Waals surface area contributed by atoms with Crippen molar-refractivity contribution in [3.8, 4) is 0 Å². The van der Waals surface area contributed by atoms with Crippen molar-refractivity contribution in [1.29, 1.82) is 0 Å². The number of sulfonamides is 1. The monoisotopic (exact) mass is 412 g/mol. The van der Waals surface area contributed by atoms with Crippen molar-refractivity contribution in [2.45, 2.75) is 25.3 Å². The van der Waals surface area contributed by atoms with Gasteiger partial charge >= 0.3 is 0 Å². The summed E-state index contributed by atoms with van der Waals surface area (Å²) in [6.07, 6.45) is 0. The highest BCUT2D eigenvalue weighted by Gasteiger charge is 2.25.